The van der Waals surface area contributed by atoms with E-state index < -0.39 is 0 Å². The van der Waals surface area contributed by atoms with E-state index in [0.29, 0.717) is 0 Å². The predicted octanol–water partition coefficient (Wildman–Crippen LogP) is 3.22. The van der Waals surface area contributed by atoms with E-state index in [1.807, 2.05) is 0 Å². The van der Waals surface area contributed by atoms with Gasteiger partial charge in [-0.2, -0.15) is 0 Å². The second-order valence-corrected chi connectivity index (χ2v) is 4.18. The molecule has 0 aromatic rings. The van der Waals surface area contributed by atoms with Gasteiger partial charge in [0.2, 0.25) is 0 Å². The summed E-state index contributed by atoms with van der Waals surface area (Å²) in [5, 5.41) is 0. The van der Waals surface area contributed by atoms with Crippen LogP contribution in [0, 0.1) is 17.8 Å². The first-order valence-electron chi connectivity index (χ1n) is 4.89. The van der Waals surface area contributed by atoms with Crippen LogP contribution in [-0.2, 0) is 0 Å². The summed E-state index contributed by atoms with van der Waals surface area (Å²) in [7, 11) is 0. The summed E-state index contributed by atoms with van der Waals surface area (Å²) < 4.78 is 0. The summed E-state index contributed by atoms with van der Waals surface area (Å²) >= 11 is 0. The summed E-state index contributed by atoms with van der Waals surface area (Å²) in [5.74, 6) is 3.40. The number of rotatable bonds is 0. The maximum Gasteiger partial charge on any atom is -0.0355 e. The summed E-state index contributed by atoms with van der Waals surface area (Å²) in [6.07, 6.45) is 9.15. The first-order valence-corrected chi connectivity index (χ1v) is 4.89. The molecule has 0 spiro atoms. The van der Waals surface area contributed by atoms with Gasteiger partial charge in [-0.05, 0) is 30.6 Å². The van der Waals surface area contributed by atoms with Crippen LogP contribution in [0.25, 0.3) is 0 Å². The number of fused-ring (bicyclic) bond motifs is 1. The molecule has 0 nitrogen and oxygen atoms in total. The average molecular weight is 138 g/mol. The fourth-order valence-electron chi connectivity index (χ4n) is 2.70. The van der Waals surface area contributed by atoms with Crippen molar-refractivity contribution in [1.29, 1.82) is 0 Å². The van der Waals surface area contributed by atoms with Gasteiger partial charge in [-0.3, -0.25) is 0 Å². The van der Waals surface area contributed by atoms with Gasteiger partial charge in [0.1, 0.15) is 0 Å². The van der Waals surface area contributed by atoms with Crippen molar-refractivity contribution < 1.29 is 0 Å². The molecule has 2 unspecified atom stereocenters. The molecule has 0 saturated heterocycles. The van der Waals surface area contributed by atoms with Gasteiger partial charge in [-0.25, -0.2) is 0 Å². The Kier molecular flexibility index (Phi) is 1.71. The standard InChI is InChI=1S/C10H18/c1-8-9-6-4-2-3-5-7-10(8)9/h8-10H,2-7H2,1H3/t8?,9-,10?/m1/s1. The van der Waals surface area contributed by atoms with Crippen molar-refractivity contribution in [3.05, 3.63) is 0 Å². The highest BCUT2D eigenvalue weighted by molar-refractivity contribution is 4.94. The van der Waals surface area contributed by atoms with Crippen molar-refractivity contribution in [3.63, 3.8) is 0 Å². The van der Waals surface area contributed by atoms with Gasteiger partial charge < -0.3 is 0 Å². The Labute approximate surface area is 64.0 Å². The zero-order valence-electron chi connectivity index (χ0n) is 6.97. The molecule has 0 amide bonds. The third kappa shape index (κ3) is 1.09. The molecule has 2 fully saturated rings. The molecule has 0 N–H and O–H groups in total. The van der Waals surface area contributed by atoms with Gasteiger partial charge >= 0.3 is 0 Å². The Morgan fingerprint density at radius 2 is 1.30 bits per heavy atom. The van der Waals surface area contributed by atoms with Crippen LogP contribution >= 0.6 is 0 Å². The van der Waals surface area contributed by atoms with Crippen molar-refractivity contribution in [2.45, 2.75) is 45.4 Å². The van der Waals surface area contributed by atoms with Crippen LogP contribution in [0.4, 0.5) is 0 Å². The lowest BCUT2D eigenvalue weighted by Gasteiger charge is -2.05. The largest absolute Gasteiger partial charge is 0.0620 e. The molecule has 2 saturated carbocycles. The third-order valence-electron chi connectivity index (χ3n) is 3.58. The van der Waals surface area contributed by atoms with Crippen molar-refractivity contribution in [2.75, 3.05) is 0 Å². The van der Waals surface area contributed by atoms with Crippen molar-refractivity contribution in [1.82, 2.24) is 0 Å². The molecule has 0 aliphatic heterocycles. The first-order chi connectivity index (χ1) is 4.89. The van der Waals surface area contributed by atoms with Gasteiger partial charge in [0.15, 0.2) is 0 Å². The van der Waals surface area contributed by atoms with Crippen LogP contribution in [-0.4, -0.2) is 0 Å². The van der Waals surface area contributed by atoms with E-state index in [1.165, 1.54) is 25.7 Å². The normalized spacial score (nSPS) is 47.1. The van der Waals surface area contributed by atoms with E-state index in [1.54, 1.807) is 12.8 Å². The molecule has 2 aliphatic carbocycles. The highest BCUT2D eigenvalue weighted by atomic mass is 14.5. The van der Waals surface area contributed by atoms with Crippen molar-refractivity contribution in [2.24, 2.45) is 17.8 Å². The smallest absolute Gasteiger partial charge is 0.0355 e. The van der Waals surface area contributed by atoms with Crippen LogP contribution in [0.15, 0.2) is 0 Å². The zero-order chi connectivity index (χ0) is 6.97. The second kappa shape index (κ2) is 2.56. The summed E-state index contributed by atoms with van der Waals surface area (Å²) in [4.78, 5) is 0. The van der Waals surface area contributed by atoms with Crippen molar-refractivity contribution >= 4 is 0 Å². The molecule has 0 radical (unpaired) electrons. The topological polar surface area (TPSA) is 0 Å². The lowest BCUT2D eigenvalue weighted by atomic mass is 10.0. The second-order valence-electron chi connectivity index (χ2n) is 4.18. The molecule has 2 aliphatic rings. The zero-order valence-corrected chi connectivity index (χ0v) is 6.97. The Balaban J connectivity index is 1.86. The van der Waals surface area contributed by atoms with Gasteiger partial charge in [-0.1, -0.05) is 32.6 Å². The van der Waals surface area contributed by atoms with E-state index >= 15 is 0 Å². The van der Waals surface area contributed by atoms with E-state index in [4.69, 9.17) is 0 Å². The Hall–Kier alpha value is 0. The minimum absolute atomic E-state index is 1.10. The molecule has 3 atom stereocenters. The molecule has 0 heterocycles. The minimum atomic E-state index is 1.10. The van der Waals surface area contributed by atoms with E-state index in [0.717, 1.165) is 17.8 Å². The van der Waals surface area contributed by atoms with E-state index in [2.05, 4.69) is 6.92 Å². The third-order valence-corrected chi connectivity index (χ3v) is 3.58. The first kappa shape index (κ1) is 6.69. The van der Waals surface area contributed by atoms with E-state index in [9.17, 15) is 0 Å². The lowest BCUT2D eigenvalue weighted by Crippen LogP contribution is -1.90. The monoisotopic (exact) mass is 138 g/mol. The molecule has 2 rings (SSSR count). The molecule has 0 heteroatoms. The summed E-state index contributed by atoms with van der Waals surface area (Å²) in [5.41, 5.74) is 0. The van der Waals surface area contributed by atoms with Gasteiger partial charge in [0, 0.05) is 0 Å². The van der Waals surface area contributed by atoms with Gasteiger partial charge in [0.05, 0.1) is 0 Å². The fourth-order valence-corrected chi connectivity index (χ4v) is 2.70. The van der Waals surface area contributed by atoms with Crippen LogP contribution in [0.1, 0.15) is 45.4 Å². The Morgan fingerprint density at radius 1 is 0.800 bits per heavy atom. The van der Waals surface area contributed by atoms with E-state index in [-0.39, 0.29) is 0 Å². The SMILES string of the molecule is CC1C2CCCCCC[C@H]12. The minimum Gasteiger partial charge on any atom is -0.0620 e. The molecule has 58 valence electrons. The molecule has 10 heavy (non-hydrogen) atoms. The van der Waals surface area contributed by atoms with Crippen molar-refractivity contribution in [3.8, 4) is 0 Å². The van der Waals surface area contributed by atoms with Gasteiger partial charge in [-0.15, -0.1) is 0 Å². The van der Waals surface area contributed by atoms with Crippen LogP contribution in [0.3, 0.4) is 0 Å². The highest BCUT2D eigenvalue weighted by Gasteiger charge is 2.44. The number of hydrogen-bond donors (Lipinski definition) is 0. The molecular weight excluding hydrogens is 120 g/mol. The van der Waals surface area contributed by atoms with Gasteiger partial charge in [0.25, 0.3) is 0 Å². The average Bonchev–Trinajstić information content (AvgIpc) is 2.39. The number of hydrogen-bond acceptors (Lipinski definition) is 0. The highest BCUT2D eigenvalue weighted by Crippen LogP contribution is 2.52. The fraction of sp³-hybridized carbons (Fsp3) is 1.00. The molecule has 0 bridgehead atoms. The van der Waals surface area contributed by atoms with Crippen LogP contribution < -0.4 is 0 Å². The summed E-state index contributed by atoms with van der Waals surface area (Å²) in [6.45, 7) is 2.45. The Bertz CT molecular complexity index is 103. The molecular formula is C10H18. The quantitative estimate of drug-likeness (QED) is 0.482. The lowest BCUT2D eigenvalue weighted by molar-refractivity contribution is 0.485. The molecule has 0 aromatic heterocycles. The predicted molar refractivity (Wildman–Crippen MR) is 43.8 cm³/mol. The van der Waals surface area contributed by atoms with Crippen LogP contribution in [0.2, 0.25) is 0 Å². The summed E-state index contributed by atoms with van der Waals surface area (Å²) in [6, 6.07) is 0. The maximum atomic E-state index is 2.45. The molecule has 0 aromatic carbocycles. The van der Waals surface area contributed by atoms with Crippen LogP contribution in [0.5, 0.6) is 0 Å². The Morgan fingerprint density at radius 3 is 1.80 bits per heavy atom. The maximum absolute atomic E-state index is 2.45.